The van der Waals surface area contributed by atoms with Gasteiger partial charge in [-0.05, 0) is 32.1 Å². The smallest absolute Gasteiger partial charge is 0.0610 e. The fourth-order valence-corrected chi connectivity index (χ4v) is 1.78. The Kier molecular flexibility index (Phi) is 1.37. The Balaban J connectivity index is 1.89. The van der Waals surface area contributed by atoms with Gasteiger partial charge < -0.3 is 5.11 Å². The van der Waals surface area contributed by atoms with Crippen LogP contribution in [-0.4, -0.2) is 35.2 Å². The predicted molar refractivity (Wildman–Crippen MR) is 44.4 cm³/mol. The standard InChI is InChI=1S/C9H17NO/c1-8(2,7-11)10-5-9(6-10)3-4-9/h11H,3-7H2,1-2H3. The van der Waals surface area contributed by atoms with Crippen molar-refractivity contribution in [1.29, 1.82) is 0 Å². The van der Waals surface area contributed by atoms with Gasteiger partial charge in [0.2, 0.25) is 0 Å². The minimum atomic E-state index is 0.0217. The summed E-state index contributed by atoms with van der Waals surface area (Å²) in [6, 6.07) is 0. The first-order valence-corrected chi connectivity index (χ1v) is 4.44. The lowest BCUT2D eigenvalue weighted by molar-refractivity contribution is -0.0373. The summed E-state index contributed by atoms with van der Waals surface area (Å²) in [6.07, 6.45) is 2.84. The Labute approximate surface area is 68.2 Å². The molecular weight excluding hydrogens is 138 g/mol. The van der Waals surface area contributed by atoms with E-state index in [0.717, 1.165) is 0 Å². The first-order valence-electron chi connectivity index (χ1n) is 4.44. The van der Waals surface area contributed by atoms with Gasteiger partial charge in [-0.1, -0.05) is 0 Å². The molecule has 1 aliphatic carbocycles. The predicted octanol–water partition coefficient (Wildman–Crippen LogP) is 0.853. The molecule has 0 amide bonds. The van der Waals surface area contributed by atoms with Gasteiger partial charge >= 0.3 is 0 Å². The normalized spacial score (nSPS) is 28.6. The van der Waals surface area contributed by atoms with Crippen molar-refractivity contribution < 1.29 is 5.11 Å². The van der Waals surface area contributed by atoms with Crippen LogP contribution in [0, 0.1) is 5.41 Å². The summed E-state index contributed by atoms with van der Waals surface area (Å²) < 4.78 is 0. The van der Waals surface area contributed by atoms with Gasteiger partial charge in [0.15, 0.2) is 0 Å². The third kappa shape index (κ3) is 1.09. The van der Waals surface area contributed by atoms with E-state index in [0.29, 0.717) is 5.41 Å². The van der Waals surface area contributed by atoms with E-state index in [1.807, 2.05) is 0 Å². The number of rotatable bonds is 2. The van der Waals surface area contributed by atoms with Crippen molar-refractivity contribution in [2.24, 2.45) is 5.41 Å². The van der Waals surface area contributed by atoms with Gasteiger partial charge in [0, 0.05) is 18.6 Å². The highest BCUT2D eigenvalue weighted by Crippen LogP contribution is 2.54. The third-order valence-corrected chi connectivity index (χ3v) is 3.25. The fourth-order valence-electron chi connectivity index (χ4n) is 1.78. The van der Waals surface area contributed by atoms with Crippen LogP contribution in [0.5, 0.6) is 0 Å². The molecule has 0 aromatic rings. The zero-order valence-corrected chi connectivity index (χ0v) is 7.43. The number of hydrogen-bond donors (Lipinski definition) is 1. The minimum Gasteiger partial charge on any atom is -0.394 e. The number of aliphatic hydroxyl groups excluding tert-OH is 1. The van der Waals surface area contributed by atoms with Gasteiger partial charge in [0.25, 0.3) is 0 Å². The fraction of sp³-hybridized carbons (Fsp3) is 1.00. The van der Waals surface area contributed by atoms with Gasteiger partial charge in [-0.3, -0.25) is 4.90 Å². The summed E-state index contributed by atoms with van der Waals surface area (Å²) in [6.45, 7) is 6.95. The van der Waals surface area contributed by atoms with Gasteiger partial charge in [0.05, 0.1) is 6.61 Å². The maximum Gasteiger partial charge on any atom is 0.0610 e. The quantitative estimate of drug-likeness (QED) is 0.639. The summed E-state index contributed by atoms with van der Waals surface area (Å²) >= 11 is 0. The summed E-state index contributed by atoms with van der Waals surface area (Å²) in [7, 11) is 0. The summed E-state index contributed by atoms with van der Waals surface area (Å²) in [5, 5.41) is 9.08. The average molecular weight is 155 g/mol. The van der Waals surface area contributed by atoms with Crippen molar-refractivity contribution in [3.63, 3.8) is 0 Å². The lowest BCUT2D eigenvalue weighted by Crippen LogP contribution is -2.59. The first-order chi connectivity index (χ1) is 5.08. The molecular formula is C9H17NO. The van der Waals surface area contributed by atoms with Crippen molar-refractivity contribution in [1.82, 2.24) is 4.90 Å². The molecule has 1 saturated carbocycles. The Morgan fingerprint density at radius 3 is 2.27 bits per heavy atom. The number of hydrogen-bond acceptors (Lipinski definition) is 2. The van der Waals surface area contributed by atoms with E-state index in [2.05, 4.69) is 18.7 Å². The zero-order chi connectivity index (χ0) is 8.11. The molecule has 2 nitrogen and oxygen atoms in total. The second-order valence-corrected chi connectivity index (χ2v) is 4.83. The second-order valence-electron chi connectivity index (χ2n) is 4.83. The number of likely N-dealkylation sites (tertiary alicyclic amines) is 1. The largest absolute Gasteiger partial charge is 0.394 e. The lowest BCUT2D eigenvalue weighted by atomic mass is 9.89. The molecule has 2 fully saturated rings. The molecule has 11 heavy (non-hydrogen) atoms. The summed E-state index contributed by atoms with van der Waals surface area (Å²) in [4.78, 5) is 2.39. The Morgan fingerprint density at radius 1 is 1.36 bits per heavy atom. The van der Waals surface area contributed by atoms with Crippen molar-refractivity contribution in [2.45, 2.75) is 32.2 Å². The molecule has 1 aliphatic heterocycles. The molecule has 0 aromatic carbocycles. The molecule has 0 unspecified atom stereocenters. The lowest BCUT2D eigenvalue weighted by Gasteiger charge is -2.49. The molecule has 1 saturated heterocycles. The second kappa shape index (κ2) is 1.99. The molecule has 64 valence electrons. The summed E-state index contributed by atoms with van der Waals surface area (Å²) in [5.74, 6) is 0. The van der Waals surface area contributed by atoms with Crippen LogP contribution in [0.25, 0.3) is 0 Å². The highest BCUT2D eigenvalue weighted by molar-refractivity contribution is 5.08. The van der Waals surface area contributed by atoms with Crippen LogP contribution in [0.1, 0.15) is 26.7 Å². The zero-order valence-electron chi connectivity index (χ0n) is 7.43. The molecule has 2 rings (SSSR count). The van der Waals surface area contributed by atoms with Crippen LogP contribution >= 0.6 is 0 Å². The number of aliphatic hydroxyl groups is 1. The monoisotopic (exact) mass is 155 g/mol. The molecule has 2 aliphatic rings. The highest BCUT2D eigenvalue weighted by Gasteiger charge is 2.55. The van der Waals surface area contributed by atoms with Crippen LogP contribution in [-0.2, 0) is 0 Å². The van der Waals surface area contributed by atoms with E-state index in [9.17, 15) is 0 Å². The van der Waals surface area contributed by atoms with E-state index >= 15 is 0 Å². The molecule has 1 N–H and O–H groups in total. The molecule has 0 atom stereocenters. The Morgan fingerprint density at radius 2 is 1.91 bits per heavy atom. The minimum absolute atomic E-state index is 0.0217. The topological polar surface area (TPSA) is 23.5 Å². The van der Waals surface area contributed by atoms with E-state index in [1.54, 1.807) is 0 Å². The third-order valence-electron chi connectivity index (χ3n) is 3.25. The van der Waals surface area contributed by atoms with Crippen LogP contribution < -0.4 is 0 Å². The van der Waals surface area contributed by atoms with Gasteiger partial charge in [0.1, 0.15) is 0 Å². The molecule has 2 heteroatoms. The molecule has 0 radical (unpaired) electrons. The van der Waals surface area contributed by atoms with E-state index in [4.69, 9.17) is 5.11 Å². The Bertz CT molecular complexity index is 164. The van der Waals surface area contributed by atoms with E-state index in [-0.39, 0.29) is 12.1 Å². The molecule has 1 heterocycles. The number of nitrogens with zero attached hydrogens (tertiary/aromatic N) is 1. The summed E-state index contributed by atoms with van der Waals surface area (Å²) in [5.41, 5.74) is 0.736. The van der Waals surface area contributed by atoms with Gasteiger partial charge in [-0.2, -0.15) is 0 Å². The molecule has 1 spiro atoms. The van der Waals surface area contributed by atoms with Crippen molar-refractivity contribution in [3.8, 4) is 0 Å². The van der Waals surface area contributed by atoms with Gasteiger partial charge in [-0.25, -0.2) is 0 Å². The van der Waals surface area contributed by atoms with Crippen molar-refractivity contribution in [3.05, 3.63) is 0 Å². The van der Waals surface area contributed by atoms with Crippen molar-refractivity contribution in [2.75, 3.05) is 19.7 Å². The van der Waals surface area contributed by atoms with Crippen LogP contribution in [0.2, 0.25) is 0 Å². The first kappa shape index (κ1) is 7.56. The highest BCUT2D eigenvalue weighted by atomic mass is 16.3. The van der Waals surface area contributed by atoms with Crippen LogP contribution in [0.15, 0.2) is 0 Å². The van der Waals surface area contributed by atoms with Gasteiger partial charge in [-0.15, -0.1) is 0 Å². The SMILES string of the molecule is CC(C)(CO)N1CC2(CC2)C1. The maximum absolute atomic E-state index is 9.08. The van der Waals surface area contributed by atoms with Crippen molar-refractivity contribution >= 4 is 0 Å². The van der Waals surface area contributed by atoms with Crippen LogP contribution in [0.3, 0.4) is 0 Å². The van der Waals surface area contributed by atoms with E-state index < -0.39 is 0 Å². The van der Waals surface area contributed by atoms with E-state index in [1.165, 1.54) is 25.9 Å². The maximum atomic E-state index is 9.08. The Hall–Kier alpha value is -0.0800. The molecule has 0 bridgehead atoms. The van der Waals surface area contributed by atoms with Crippen LogP contribution in [0.4, 0.5) is 0 Å². The molecule has 0 aromatic heterocycles. The average Bonchev–Trinajstić information content (AvgIpc) is 2.62.